The molecule has 1 aliphatic rings. The summed E-state index contributed by atoms with van der Waals surface area (Å²) in [6, 6.07) is 13.1. The van der Waals surface area contributed by atoms with Gasteiger partial charge in [-0.1, -0.05) is 24.3 Å². The topological polar surface area (TPSA) is 130 Å². The lowest BCUT2D eigenvalue weighted by Crippen LogP contribution is -2.37. The smallest absolute Gasteiger partial charge is 0.241 e. The van der Waals surface area contributed by atoms with Crippen LogP contribution < -0.4 is 14.2 Å². The highest BCUT2D eigenvalue weighted by atomic mass is 32.2. The van der Waals surface area contributed by atoms with Crippen LogP contribution >= 0.6 is 0 Å². The van der Waals surface area contributed by atoms with E-state index in [2.05, 4.69) is 4.72 Å². The highest BCUT2D eigenvalue weighted by molar-refractivity contribution is 7.89. The summed E-state index contributed by atoms with van der Waals surface area (Å²) in [5.41, 5.74) is 0.523. The Morgan fingerprint density at radius 3 is 2.43 bits per heavy atom. The molecule has 8 nitrogen and oxygen atoms in total. The number of nitrogens with two attached hydrogens (primary N) is 1. The van der Waals surface area contributed by atoms with Gasteiger partial charge >= 0.3 is 0 Å². The second-order valence-corrected chi connectivity index (χ2v) is 10.2. The minimum atomic E-state index is -3.59. The number of anilines is 1. The molecule has 1 aliphatic carbocycles. The maximum atomic E-state index is 12.6. The number of rotatable bonds is 10. The van der Waals surface area contributed by atoms with Crippen LogP contribution in [0.1, 0.15) is 31.7 Å². The number of aryl methyl sites for hydroxylation is 1. The predicted octanol–water partition coefficient (Wildman–Crippen LogP) is 1.77. The summed E-state index contributed by atoms with van der Waals surface area (Å²) >= 11 is -1.95. The van der Waals surface area contributed by atoms with Crippen molar-refractivity contribution >= 4 is 32.7 Å². The Labute approximate surface area is 178 Å². The lowest BCUT2D eigenvalue weighted by Gasteiger charge is -2.21. The van der Waals surface area contributed by atoms with Gasteiger partial charge in [-0.3, -0.25) is 9.10 Å². The Bertz CT molecular complexity index is 1050. The fourth-order valence-corrected chi connectivity index (χ4v) is 5.43. The Hall–Kier alpha value is -2.27. The largest absolute Gasteiger partial charge is 0.506 e. The van der Waals surface area contributed by atoms with E-state index in [4.69, 9.17) is 5.14 Å². The lowest BCUT2D eigenvalue weighted by atomic mass is 10.0. The first kappa shape index (κ1) is 22.4. The minimum absolute atomic E-state index is 0.137. The molecular formula is C20H25N3O5S2. The average molecular weight is 452 g/mol. The number of phenolic OH excluding ortho intramolecular Hbond substituents is 1. The van der Waals surface area contributed by atoms with Crippen LogP contribution in [0, 0.1) is 0 Å². The molecule has 0 radical (unpaired) electrons. The number of hydrogen-bond acceptors (Lipinski definition) is 5. The number of benzene rings is 2. The highest BCUT2D eigenvalue weighted by Crippen LogP contribution is 2.41. The van der Waals surface area contributed by atoms with Gasteiger partial charge < -0.3 is 5.11 Å². The number of nitrogens with one attached hydrogen (secondary N) is 1. The molecule has 162 valence electrons. The molecule has 1 unspecified atom stereocenters. The van der Waals surface area contributed by atoms with E-state index >= 15 is 0 Å². The molecule has 4 N–H and O–H groups in total. The molecule has 1 fully saturated rings. The van der Waals surface area contributed by atoms with Gasteiger partial charge in [0.15, 0.2) is 11.2 Å². The zero-order valence-corrected chi connectivity index (χ0v) is 18.2. The average Bonchev–Trinajstić information content (AvgIpc) is 3.44. The Kier molecular flexibility index (Phi) is 6.61. The molecule has 0 spiro atoms. The maximum absolute atomic E-state index is 12.6. The molecule has 2 aromatic carbocycles. The third-order valence-corrected chi connectivity index (χ3v) is 7.40. The summed E-state index contributed by atoms with van der Waals surface area (Å²) < 4.78 is 40.9. The van der Waals surface area contributed by atoms with E-state index in [1.807, 2.05) is 0 Å². The van der Waals surface area contributed by atoms with Crippen molar-refractivity contribution in [2.45, 2.75) is 43.0 Å². The summed E-state index contributed by atoms with van der Waals surface area (Å²) in [4.78, 5) is 11.6. The van der Waals surface area contributed by atoms with Gasteiger partial charge in [-0.05, 0) is 62.4 Å². The van der Waals surface area contributed by atoms with Crippen LogP contribution in [0.2, 0.25) is 0 Å². The second-order valence-electron chi connectivity index (χ2n) is 7.54. The number of carbonyl (C=O) groups is 1. The first-order chi connectivity index (χ1) is 14.1. The zero-order valence-electron chi connectivity index (χ0n) is 16.6. The number of hydrogen-bond donors (Lipinski definition) is 3. The number of Topliss-reactive ketones (excluding diaryl/α,β-unsaturated/α-hetero) is 1. The fourth-order valence-electron chi connectivity index (χ4n) is 3.26. The van der Waals surface area contributed by atoms with E-state index in [1.165, 1.54) is 13.0 Å². The van der Waals surface area contributed by atoms with E-state index in [9.17, 15) is 22.5 Å². The van der Waals surface area contributed by atoms with Crippen LogP contribution in [0.3, 0.4) is 0 Å². The van der Waals surface area contributed by atoms with E-state index in [-0.39, 0.29) is 28.7 Å². The Morgan fingerprint density at radius 1 is 1.23 bits per heavy atom. The van der Waals surface area contributed by atoms with Crippen LogP contribution in [-0.2, 0) is 32.4 Å². The van der Waals surface area contributed by atoms with E-state index in [0.29, 0.717) is 12.8 Å². The molecule has 0 bridgehead atoms. The monoisotopic (exact) mass is 451 g/mol. The molecule has 0 amide bonds. The molecule has 10 heteroatoms. The van der Waals surface area contributed by atoms with E-state index in [0.717, 1.165) is 22.7 Å². The molecule has 2 aromatic rings. The third kappa shape index (κ3) is 5.45. The first-order valence-electron chi connectivity index (χ1n) is 9.46. The molecule has 0 heterocycles. The standard InChI is InChI=1S/C20H25N3O5S2/c1-15(24)14-23(29(21)26)18-8-7-16(13-19(18)25)9-10-20(11-12-20)22-30(27,28)17-5-3-2-4-6-17/h2-8,13,22,25H,9-12,14,21H2,1H3. The van der Waals surface area contributed by atoms with Gasteiger partial charge in [0, 0.05) is 5.54 Å². The normalized spacial score (nSPS) is 16.1. The van der Waals surface area contributed by atoms with Crippen molar-refractivity contribution in [3.8, 4) is 5.75 Å². The summed E-state index contributed by atoms with van der Waals surface area (Å²) in [7, 11) is -3.59. The van der Waals surface area contributed by atoms with Gasteiger partial charge in [0.05, 0.1) is 17.1 Å². The van der Waals surface area contributed by atoms with Gasteiger partial charge in [-0.15, -0.1) is 0 Å². The van der Waals surface area contributed by atoms with E-state index < -0.39 is 26.7 Å². The van der Waals surface area contributed by atoms with E-state index in [1.54, 1.807) is 42.5 Å². The number of carbonyl (C=O) groups excluding carboxylic acids is 1. The lowest BCUT2D eigenvalue weighted by molar-refractivity contribution is -0.115. The van der Waals surface area contributed by atoms with Gasteiger partial charge in [0.1, 0.15) is 11.5 Å². The number of ketones is 1. The molecule has 1 saturated carbocycles. The quantitative estimate of drug-likeness (QED) is 0.507. The van der Waals surface area contributed by atoms with Crippen LogP contribution in [0.25, 0.3) is 0 Å². The minimum Gasteiger partial charge on any atom is -0.506 e. The van der Waals surface area contributed by atoms with Crippen molar-refractivity contribution in [1.82, 2.24) is 4.72 Å². The SMILES string of the molecule is CC(=O)CN(c1ccc(CCC2(NS(=O)(=O)c3ccccc3)CC2)cc1O)S(N)=O. The molecule has 0 aromatic heterocycles. The summed E-state index contributed by atoms with van der Waals surface area (Å²) in [5, 5.41) is 15.8. The zero-order chi connectivity index (χ0) is 21.9. The van der Waals surface area contributed by atoms with Crippen molar-refractivity contribution in [3.05, 3.63) is 54.1 Å². The molecule has 3 rings (SSSR count). The van der Waals surface area contributed by atoms with Gasteiger partial charge in [-0.2, -0.15) is 0 Å². The predicted molar refractivity (Wildman–Crippen MR) is 116 cm³/mol. The van der Waals surface area contributed by atoms with Crippen molar-refractivity contribution in [2.75, 3.05) is 10.8 Å². The van der Waals surface area contributed by atoms with Crippen LogP contribution in [0.4, 0.5) is 5.69 Å². The first-order valence-corrected chi connectivity index (χ1v) is 12.1. The van der Waals surface area contributed by atoms with Crippen LogP contribution in [-0.4, -0.2) is 35.6 Å². The Morgan fingerprint density at radius 2 is 1.90 bits per heavy atom. The maximum Gasteiger partial charge on any atom is 0.241 e. The van der Waals surface area contributed by atoms with Crippen molar-refractivity contribution in [1.29, 1.82) is 0 Å². The van der Waals surface area contributed by atoms with Crippen molar-refractivity contribution in [3.63, 3.8) is 0 Å². The van der Waals surface area contributed by atoms with Crippen molar-refractivity contribution < 1.29 is 22.5 Å². The highest BCUT2D eigenvalue weighted by Gasteiger charge is 2.45. The van der Waals surface area contributed by atoms with Gasteiger partial charge in [-0.25, -0.2) is 22.5 Å². The fraction of sp³-hybridized carbons (Fsp3) is 0.350. The number of nitrogens with zero attached hydrogens (tertiary/aromatic N) is 1. The van der Waals surface area contributed by atoms with Gasteiger partial charge in [0.2, 0.25) is 10.0 Å². The van der Waals surface area contributed by atoms with Crippen LogP contribution in [0.15, 0.2) is 53.4 Å². The molecule has 0 saturated heterocycles. The molecule has 30 heavy (non-hydrogen) atoms. The molecule has 0 aliphatic heterocycles. The number of phenols is 1. The van der Waals surface area contributed by atoms with Crippen LogP contribution in [0.5, 0.6) is 5.75 Å². The number of sulfonamides is 1. The summed E-state index contributed by atoms with van der Waals surface area (Å²) in [5.74, 6) is -0.374. The molecular weight excluding hydrogens is 426 g/mol. The number of aromatic hydroxyl groups is 1. The molecule has 1 atom stereocenters. The summed E-state index contributed by atoms with van der Waals surface area (Å²) in [6.07, 6.45) is 2.63. The van der Waals surface area contributed by atoms with Crippen molar-refractivity contribution in [2.24, 2.45) is 5.14 Å². The van der Waals surface area contributed by atoms with Gasteiger partial charge in [0.25, 0.3) is 0 Å². The Balaban J connectivity index is 1.68. The summed E-state index contributed by atoms with van der Waals surface area (Å²) in [6.45, 7) is 1.16. The third-order valence-electron chi connectivity index (χ3n) is 5.04. The second kappa shape index (κ2) is 8.84.